The van der Waals surface area contributed by atoms with Crippen LogP contribution in [0.25, 0.3) is 0 Å². The van der Waals surface area contributed by atoms with Gasteiger partial charge in [0.05, 0.1) is 9.85 Å². The lowest BCUT2D eigenvalue weighted by molar-refractivity contribution is -0.384. The summed E-state index contributed by atoms with van der Waals surface area (Å²) < 4.78 is 0. The minimum Gasteiger partial charge on any atom is -0.360 e. The fourth-order valence-corrected chi connectivity index (χ4v) is 2.26. The van der Waals surface area contributed by atoms with Crippen molar-refractivity contribution < 1.29 is 14.6 Å². The lowest BCUT2D eigenvalue weighted by Crippen LogP contribution is -2.31. The minimum atomic E-state index is -0.780. The van der Waals surface area contributed by atoms with Gasteiger partial charge >= 0.3 is 5.69 Å². The quantitative estimate of drug-likeness (QED) is 0.480. The standard InChI is InChI=1S/C15H16ClN7O5/c1-15(2,3)19-12-11(23(27)28)13(18-7-17-12)20-21-14(24)8-4-5-9(16)10(6-8)22(25)26/h4-7H,1-3H3,(H,21,24)(H2,17,18,19,20). The van der Waals surface area contributed by atoms with E-state index in [-0.39, 0.29) is 22.2 Å². The summed E-state index contributed by atoms with van der Waals surface area (Å²) in [6.07, 6.45) is 1.09. The largest absolute Gasteiger partial charge is 0.360 e. The molecular weight excluding hydrogens is 394 g/mol. The number of nitrogens with one attached hydrogen (secondary N) is 3. The van der Waals surface area contributed by atoms with Crippen molar-refractivity contribution >= 4 is 40.5 Å². The second-order valence-corrected chi connectivity index (χ2v) is 6.96. The normalized spacial score (nSPS) is 10.9. The third kappa shape index (κ3) is 5.01. The van der Waals surface area contributed by atoms with Crippen LogP contribution < -0.4 is 16.2 Å². The molecule has 28 heavy (non-hydrogen) atoms. The number of amides is 1. The molecule has 3 N–H and O–H groups in total. The van der Waals surface area contributed by atoms with Gasteiger partial charge in [-0.15, -0.1) is 0 Å². The molecule has 0 spiro atoms. The lowest BCUT2D eigenvalue weighted by atomic mass is 10.1. The number of rotatable bonds is 6. The SMILES string of the molecule is CC(C)(C)Nc1ncnc(NNC(=O)c2ccc(Cl)c([N+](=O)[O-])c2)c1[N+](=O)[O-]. The van der Waals surface area contributed by atoms with Crippen LogP contribution in [-0.4, -0.2) is 31.3 Å². The van der Waals surface area contributed by atoms with Gasteiger partial charge in [0.25, 0.3) is 11.6 Å². The van der Waals surface area contributed by atoms with Crippen LogP contribution in [0.15, 0.2) is 24.5 Å². The Morgan fingerprint density at radius 1 is 1.11 bits per heavy atom. The summed E-state index contributed by atoms with van der Waals surface area (Å²) in [6, 6.07) is 3.46. The molecule has 0 unspecified atom stereocenters. The number of nitrogens with zero attached hydrogens (tertiary/aromatic N) is 4. The Balaban J connectivity index is 2.26. The van der Waals surface area contributed by atoms with E-state index in [0.29, 0.717) is 0 Å². The van der Waals surface area contributed by atoms with Crippen LogP contribution >= 0.6 is 11.6 Å². The Hall–Kier alpha value is -3.54. The molecule has 0 fully saturated rings. The Kier molecular flexibility index (Phi) is 5.93. The van der Waals surface area contributed by atoms with Crippen molar-refractivity contribution in [1.82, 2.24) is 15.4 Å². The topological polar surface area (TPSA) is 165 Å². The van der Waals surface area contributed by atoms with Crippen molar-refractivity contribution in [3.05, 3.63) is 55.3 Å². The molecule has 0 radical (unpaired) electrons. The van der Waals surface area contributed by atoms with Crippen LogP contribution in [0.5, 0.6) is 0 Å². The molecule has 0 bridgehead atoms. The van der Waals surface area contributed by atoms with Gasteiger partial charge in [-0.3, -0.25) is 35.9 Å². The molecule has 0 aliphatic carbocycles. The summed E-state index contributed by atoms with van der Waals surface area (Å²) in [4.78, 5) is 40.8. The second kappa shape index (κ2) is 8.00. The molecule has 148 valence electrons. The maximum Gasteiger partial charge on any atom is 0.354 e. The number of anilines is 2. The summed E-state index contributed by atoms with van der Waals surface area (Å²) in [7, 11) is 0. The fraction of sp³-hybridized carbons (Fsp3) is 0.267. The average molecular weight is 410 g/mol. The fourth-order valence-electron chi connectivity index (χ4n) is 2.07. The molecule has 0 saturated carbocycles. The van der Waals surface area contributed by atoms with E-state index < -0.39 is 32.7 Å². The van der Waals surface area contributed by atoms with Gasteiger partial charge in [0.2, 0.25) is 11.6 Å². The van der Waals surface area contributed by atoms with Gasteiger partial charge in [-0.25, -0.2) is 9.97 Å². The van der Waals surface area contributed by atoms with Crippen molar-refractivity contribution in [3.8, 4) is 0 Å². The first-order valence-electron chi connectivity index (χ1n) is 7.77. The highest BCUT2D eigenvalue weighted by molar-refractivity contribution is 6.32. The van der Waals surface area contributed by atoms with Gasteiger partial charge in [0, 0.05) is 17.2 Å². The smallest absolute Gasteiger partial charge is 0.354 e. The molecule has 0 atom stereocenters. The van der Waals surface area contributed by atoms with Gasteiger partial charge in [0.1, 0.15) is 11.3 Å². The van der Waals surface area contributed by atoms with E-state index in [0.717, 1.165) is 12.4 Å². The molecular formula is C15H16ClN7O5. The van der Waals surface area contributed by atoms with Gasteiger partial charge in [-0.1, -0.05) is 11.6 Å². The van der Waals surface area contributed by atoms with Crippen LogP contribution in [0.1, 0.15) is 31.1 Å². The van der Waals surface area contributed by atoms with E-state index in [9.17, 15) is 25.0 Å². The molecule has 0 saturated heterocycles. The van der Waals surface area contributed by atoms with E-state index in [1.807, 2.05) is 0 Å². The number of benzene rings is 1. The Morgan fingerprint density at radius 2 is 1.75 bits per heavy atom. The van der Waals surface area contributed by atoms with Crippen molar-refractivity contribution in [2.75, 3.05) is 10.7 Å². The number of nitro groups is 2. The van der Waals surface area contributed by atoms with Crippen LogP contribution in [0.4, 0.5) is 23.0 Å². The summed E-state index contributed by atoms with van der Waals surface area (Å²) in [6.45, 7) is 5.38. The van der Waals surface area contributed by atoms with Crippen molar-refractivity contribution in [2.45, 2.75) is 26.3 Å². The zero-order valence-corrected chi connectivity index (χ0v) is 15.8. The summed E-state index contributed by atoms with van der Waals surface area (Å²) in [5.41, 5.74) is 3.05. The number of carbonyl (C=O) groups is 1. The van der Waals surface area contributed by atoms with Crippen molar-refractivity contribution in [2.24, 2.45) is 0 Å². The predicted octanol–water partition coefficient (Wildman–Crippen LogP) is 2.91. The van der Waals surface area contributed by atoms with E-state index in [4.69, 9.17) is 11.6 Å². The molecule has 2 aromatic rings. The average Bonchev–Trinajstić information content (AvgIpc) is 2.58. The molecule has 1 heterocycles. The van der Waals surface area contributed by atoms with Crippen LogP contribution in [0, 0.1) is 20.2 Å². The summed E-state index contributed by atoms with van der Waals surface area (Å²) in [5, 5.41) is 25.1. The van der Waals surface area contributed by atoms with Crippen molar-refractivity contribution in [1.29, 1.82) is 0 Å². The predicted molar refractivity (Wildman–Crippen MR) is 101 cm³/mol. The highest BCUT2D eigenvalue weighted by Gasteiger charge is 2.26. The van der Waals surface area contributed by atoms with E-state index in [1.165, 1.54) is 12.1 Å². The summed E-state index contributed by atoms with van der Waals surface area (Å²) >= 11 is 5.71. The van der Waals surface area contributed by atoms with E-state index >= 15 is 0 Å². The minimum absolute atomic E-state index is 0.0358. The monoisotopic (exact) mass is 409 g/mol. The number of aromatic nitrogens is 2. The van der Waals surface area contributed by atoms with Crippen LogP contribution in [0.3, 0.4) is 0 Å². The molecule has 12 nitrogen and oxygen atoms in total. The maximum atomic E-state index is 12.2. The zero-order chi connectivity index (χ0) is 21.1. The first kappa shape index (κ1) is 20.8. The lowest BCUT2D eigenvalue weighted by Gasteiger charge is -2.21. The highest BCUT2D eigenvalue weighted by atomic mass is 35.5. The first-order chi connectivity index (χ1) is 13.0. The van der Waals surface area contributed by atoms with Crippen LogP contribution in [-0.2, 0) is 0 Å². The Bertz CT molecular complexity index is 945. The third-order valence-electron chi connectivity index (χ3n) is 3.20. The zero-order valence-electron chi connectivity index (χ0n) is 15.0. The molecule has 1 aromatic carbocycles. The van der Waals surface area contributed by atoms with E-state index in [2.05, 4.69) is 26.1 Å². The van der Waals surface area contributed by atoms with Gasteiger partial charge < -0.3 is 5.32 Å². The molecule has 1 aromatic heterocycles. The molecule has 0 aliphatic heterocycles. The van der Waals surface area contributed by atoms with Crippen LogP contribution in [0.2, 0.25) is 5.02 Å². The third-order valence-corrected chi connectivity index (χ3v) is 3.52. The number of hydrogen-bond donors (Lipinski definition) is 3. The molecule has 2 rings (SSSR count). The number of hydrazine groups is 1. The number of carbonyl (C=O) groups excluding carboxylic acids is 1. The van der Waals surface area contributed by atoms with Gasteiger partial charge in [-0.2, -0.15) is 0 Å². The molecule has 1 amide bonds. The highest BCUT2D eigenvalue weighted by Crippen LogP contribution is 2.30. The maximum absolute atomic E-state index is 12.2. The van der Waals surface area contributed by atoms with Crippen molar-refractivity contribution in [3.63, 3.8) is 0 Å². The number of nitro benzene ring substituents is 1. The number of halogens is 1. The van der Waals surface area contributed by atoms with Gasteiger partial charge in [0.15, 0.2) is 0 Å². The summed E-state index contributed by atoms with van der Waals surface area (Å²) in [5.74, 6) is -1.08. The molecule has 13 heteroatoms. The van der Waals surface area contributed by atoms with Gasteiger partial charge in [-0.05, 0) is 32.9 Å². The first-order valence-corrected chi connectivity index (χ1v) is 8.15. The second-order valence-electron chi connectivity index (χ2n) is 6.55. The Labute approximate surface area is 163 Å². The van der Waals surface area contributed by atoms with E-state index in [1.54, 1.807) is 20.8 Å². The Morgan fingerprint density at radius 3 is 2.32 bits per heavy atom. The molecule has 0 aliphatic rings. The number of hydrogen-bond acceptors (Lipinski definition) is 9.